The third kappa shape index (κ3) is 4.56. The van der Waals surface area contributed by atoms with Gasteiger partial charge in [-0.15, -0.1) is 0 Å². The summed E-state index contributed by atoms with van der Waals surface area (Å²) in [4.78, 5) is 11.9. The van der Waals surface area contributed by atoms with Crippen LogP contribution in [0.2, 0.25) is 0 Å². The van der Waals surface area contributed by atoms with Crippen molar-refractivity contribution in [3.05, 3.63) is 56.5 Å². The number of carbonyl (C=O) groups is 1. The first-order valence-corrected chi connectivity index (χ1v) is 8.14. The van der Waals surface area contributed by atoms with Crippen molar-refractivity contribution in [2.24, 2.45) is 5.10 Å². The van der Waals surface area contributed by atoms with Gasteiger partial charge in [-0.05, 0) is 57.9 Å². The molecule has 0 aromatic heterocycles. The maximum Gasteiger partial charge on any atom is 0.271 e. The number of nitrogens with zero attached hydrogens (tertiary/aromatic N) is 1. The molecule has 2 aromatic rings. The van der Waals surface area contributed by atoms with Crippen LogP contribution in [0.1, 0.15) is 15.9 Å². The Morgan fingerprint density at radius 1 is 1.13 bits per heavy atom. The topological polar surface area (TPSA) is 59.9 Å². The number of amides is 1. The lowest BCUT2D eigenvalue weighted by molar-refractivity contribution is 0.0955. The van der Waals surface area contributed by atoms with E-state index in [1.807, 2.05) is 6.07 Å². The highest BCUT2D eigenvalue weighted by Crippen LogP contribution is 2.35. The Kier molecular flexibility index (Phi) is 6.18. The molecule has 0 bridgehead atoms. The molecule has 120 valence electrons. The van der Waals surface area contributed by atoms with E-state index in [-0.39, 0.29) is 5.91 Å². The third-order valence-corrected chi connectivity index (χ3v) is 4.06. The zero-order valence-electron chi connectivity index (χ0n) is 12.5. The molecule has 0 saturated carbocycles. The van der Waals surface area contributed by atoms with Crippen LogP contribution >= 0.6 is 31.9 Å². The summed E-state index contributed by atoms with van der Waals surface area (Å²) in [5.41, 5.74) is 3.76. The molecule has 0 aliphatic rings. The number of hydrogen-bond acceptors (Lipinski definition) is 4. The lowest BCUT2D eigenvalue weighted by Crippen LogP contribution is -2.17. The second kappa shape index (κ2) is 8.12. The molecule has 5 nitrogen and oxygen atoms in total. The second-order valence-electron chi connectivity index (χ2n) is 4.44. The zero-order chi connectivity index (χ0) is 16.8. The van der Waals surface area contributed by atoms with E-state index in [1.165, 1.54) is 6.21 Å². The quantitative estimate of drug-likeness (QED) is 0.563. The van der Waals surface area contributed by atoms with Crippen molar-refractivity contribution in [3.63, 3.8) is 0 Å². The van der Waals surface area contributed by atoms with E-state index >= 15 is 0 Å². The number of methoxy groups -OCH3 is 2. The summed E-state index contributed by atoms with van der Waals surface area (Å²) in [7, 11) is 3.12. The highest BCUT2D eigenvalue weighted by molar-refractivity contribution is 9.10. The Labute approximate surface area is 150 Å². The molecule has 0 heterocycles. The van der Waals surface area contributed by atoms with E-state index in [0.717, 1.165) is 14.5 Å². The molecule has 0 aliphatic carbocycles. The first-order chi connectivity index (χ1) is 11.0. The zero-order valence-corrected chi connectivity index (χ0v) is 15.6. The van der Waals surface area contributed by atoms with Gasteiger partial charge in [0.15, 0.2) is 11.5 Å². The number of benzene rings is 2. The Morgan fingerprint density at radius 3 is 2.43 bits per heavy atom. The summed E-state index contributed by atoms with van der Waals surface area (Å²) in [6.45, 7) is 0. The fourth-order valence-corrected chi connectivity index (χ4v) is 2.73. The summed E-state index contributed by atoms with van der Waals surface area (Å²) in [5.74, 6) is 0.888. The largest absolute Gasteiger partial charge is 0.493 e. The number of carbonyl (C=O) groups excluding carboxylic acids is 1. The number of hydrazone groups is 1. The molecule has 7 heteroatoms. The molecule has 23 heavy (non-hydrogen) atoms. The molecular formula is C16H14Br2N2O3. The summed E-state index contributed by atoms with van der Waals surface area (Å²) in [6.07, 6.45) is 1.53. The number of ether oxygens (including phenoxy) is 2. The predicted octanol–water partition coefficient (Wildman–Crippen LogP) is 3.99. The monoisotopic (exact) mass is 440 g/mol. The lowest BCUT2D eigenvalue weighted by atomic mass is 10.2. The minimum atomic E-state index is -0.284. The van der Waals surface area contributed by atoms with Crippen molar-refractivity contribution in [3.8, 4) is 11.5 Å². The van der Waals surface area contributed by atoms with Crippen LogP contribution < -0.4 is 14.9 Å². The van der Waals surface area contributed by atoms with E-state index < -0.39 is 0 Å². The standard InChI is InChI=1S/C16H14Br2N2O3/c1-22-14-8-10(7-13(18)15(14)23-2)9-19-20-16(21)11-3-5-12(17)6-4-11/h3-9H,1-2H3,(H,20,21)/b19-9-. The van der Waals surface area contributed by atoms with Crippen LogP contribution in [0.15, 0.2) is 50.4 Å². The molecule has 2 aromatic carbocycles. The molecule has 0 aliphatic heterocycles. The Balaban J connectivity index is 2.10. The molecule has 0 radical (unpaired) electrons. The average Bonchev–Trinajstić information content (AvgIpc) is 2.54. The van der Waals surface area contributed by atoms with E-state index in [4.69, 9.17) is 9.47 Å². The van der Waals surface area contributed by atoms with Crippen molar-refractivity contribution < 1.29 is 14.3 Å². The van der Waals surface area contributed by atoms with E-state index in [2.05, 4.69) is 42.4 Å². The summed E-state index contributed by atoms with van der Waals surface area (Å²) >= 11 is 6.73. The maximum atomic E-state index is 11.9. The van der Waals surface area contributed by atoms with Gasteiger partial charge in [-0.25, -0.2) is 5.43 Å². The maximum absolute atomic E-state index is 11.9. The van der Waals surface area contributed by atoms with Gasteiger partial charge in [-0.1, -0.05) is 15.9 Å². The molecule has 0 saturated heterocycles. The normalized spacial score (nSPS) is 10.6. The van der Waals surface area contributed by atoms with Crippen molar-refractivity contribution in [2.45, 2.75) is 0 Å². The number of nitrogens with one attached hydrogen (secondary N) is 1. The van der Waals surface area contributed by atoms with Crippen LogP contribution in [0.4, 0.5) is 0 Å². The fourth-order valence-electron chi connectivity index (χ4n) is 1.84. The Bertz CT molecular complexity index is 731. The van der Waals surface area contributed by atoms with Crippen LogP contribution in [-0.4, -0.2) is 26.3 Å². The van der Waals surface area contributed by atoms with Crippen molar-refractivity contribution >= 4 is 44.0 Å². The van der Waals surface area contributed by atoms with Gasteiger partial charge in [0.1, 0.15) is 0 Å². The SMILES string of the molecule is COc1cc(/C=N\NC(=O)c2ccc(Br)cc2)cc(Br)c1OC. The molecule has 0 unspecified atom stereocenters. The smallest absolute Gasteiger partial charge is 0.271 e. The molecule has 0 fully saturated rings. The van der Waals surface area contributed by atoms with Crippen molar-refractivity contribution in [1.82, 2.24) is 5.43 Å². The van der Waals surface area contributed by atoms with Crippen LogP contribution in [0.25, 0.3) is 0 Å². The molecule has 2 rings (SSSR count). The number of halogens is 2. The molecule has 1 amide bonds. The molecule has 0 atom stereocenters. The van der Waals surface area contributed by atoms with Gasteiger partial charge < -0.3 is 9.47 Å². The molecule has 1 N–H and O–H groups in total. The molecular weight excluding hydrogens is 428 g/mol. The lowest BCUT2D eigenvalue weighted by Gasteiger charge is -2.10. The first-order valence-electron chi connectivity index (χ1n) is 6.55. The van der Waals surface area contributed by atoms with Crippen molar-refractivity contribution in [2.75, 3.05) is 14.2 Å². The first kappa shape index (κ1) is 17.5. The fraction of sp³-hybridized carbons (Fsp3) is 0.125. The summed E-state index contributed by atoms with van der Waals surface area (Å²) in [6, 6.07) is 10.6. The number of rotatable bonds is 5. The van der Waals surface area contributed by atoms with E-state index in [0.29, 0.717) is 17.1 Å². The van der Waals surface area contributed by atoms with E-state index in [1.54, 1.807) is 44.6 Å². The molecule has 0 spiro atoms. The highest BCUT2D eigenvalue weighted by Gasteiger charge is 2.09. The Hall–Kier alpha value is -1.86. The second-order valence-corrected chi connectivity index (χ2v) is 6.21. The van der Waals surface area contributed by atoms with Gasteiger partial charge in [0, 0.05) is 10.0 Å². The van der Waals surface area contributed by atoms with E-state index in [9.17, 15) is 4.79 Å². The van der Waals surface area contributed by atoms with Crippen LogP contribution in [0, 0.1) is 0 Å². The summed E-state index contributed by atoms with van der Waals surface area (Å²) in [5, 5.41) is 3.96. The van der Waals surface area contributed by atoms with Gasteiger partial charge >= 0.3 is 0 Å². The minimum Gasteiger partial charge on any atom is -0.493 e. The average molecular weight is 442 g/mol. The third-order valence-electron chi connectivity index (χ3n) is 2.94. The van der Waals surface area contributed by atoms with Crippen LogP contribution in [0.5, 0.6) is 11.5 Å². The van der Waals surface area contributed by atoms with Gasteiger partial charge in [0.2, 0.25) is 0 Å². The van der Waals surface area contributed by atoms with Crippen LogP contribution in [0.3, 0.4) is 0 Å². The number of hydrogen-bond donors (Lipinski definition) is 1. The van der Waals surface area contributed by atoms with Gasteiger partial charge in [0.25, 0.3) is 5.91 Å². The van der Waals surface area contributed by atoms with Crippen LogP contribution in [-0.2, 0) is 0 Å². The highest BCUT2D eigenvalue weighted by atomic mass is 79.9. The minimum absolute atomic E-state index is 0.284. The van der Waals surface area contributed by atoms with Gasteiger partial charge in [-0.2, -0.15) is 5.10 Å². The predicted molar refractivity (Wildman–Crippen MR) is 96.4 cm³/mol. The van der Waals surface area contributed by atoms with Gasteiger partial charge in [-0.3, -0.25) is 4.79 Å². The summed E-state index contributed by atoms with van der Waals surface area (Å²) < 4.78 is 12.1. The Morgan fingerprint density at radius 2 is 1.83 bits per heavy atom. The van der Waals surface area contributed by atoms with Gasteiger partial charge in [0.05, 0.1) is 24.9 Å². The van der Waals surface area contributed by atoms with Crippen molar-refractivity contribution in [1.29, 1.82) is 0 Å².